The molecule has 6 rings (SSSR count). The summed E-state index contributed by atoms with van der Waals surface area (Å²) >= 11 is 1.33. The molecule has 0 saturated heterocycles. The standard InChI is InChI=1S/C36H26N2O5S/c1-43-25-12-7-11-23(21-25)35(41)37-24-17-19-26(20-18-24)44-34(22-9-3-2-4-10-22)36(42)38-30-16-8-15-29-31(30)33(40)28-14-6-5-13-27(28)32(29)39/h2-21,34H,1H3,(H,37,41)(H,38,42). The van der Waals surface area contributed by atoms with Crippen molar-refractivity contribution in [3.63, 3.8) is 0 Å². The van der Waals surface area contributed by atoms with Gasteiger partial charge in [0, 0.05) is 32.8 Å². The zero-order valence-electron chi connectivity index (χ0n) is 23.6. The van der Waals surface area contributed by atoms with Crippen LogP contribution in [0.1, 0.15) is 53.0 Å². The smallest absolute Gasteiger partial charge is 0.255 e. The third kappa shape index (κ3) is 5.75. The fraction of sp³-hybridized carbons (Fsp3) is 0.0556. The van der Waals surface area contributed by atoms with E-state index >= 15 is 0 Å². The van der Waals surface area contributed by atoms with Crippen molar-refractivity contribution in [2.75, 3.05) is 17.7 Å². The van der Waals surface area contributed by atoms with Crippen LogP contribution in [-0.4, -0.2) is 30.5 Å². The highest BCUT2D eigenvalue weighted by atomic mass is 32.2. The zero-order chi connectivity index (χ0) is 30.6. The van der Waals surface area contributed by atoms with E-state index in [4.69, 9.17) is 4.74 Å². The molecule has 2 N–H and O–H groups in total. The number of amides is 2. The third-order valence-electron chi connectivity index (χ3n) is 7.25. The average molecular weight is 599 g/mol. The van der Waals surface area contributed by atoms with Crippen LogP contribution >= 0.6 is 11.8 Å². The summed E-state index contributed by atoms with van der Waals surface area (Å²) in [7, 11) is 1.55. The van der Waals surface area contributed by atoms with E-state index in [2.05, 4.69) is 10.6 Å². The molecule has 0 heterocycles. The van der Waals surface area contributed by atoms with E-state index in [-0.39, 0.29) is 40.2 Å². The number of ether oxygens (including phenoxy) is 1. The highest BCUT2D eigenvalue weighted by molar-refractivity contribution is 8.00. The Labute approximate surface area is 258 Å². The fourth-order valence-corrected chi connectivity index (χ4v) is 6.09. The van der Waals surface area contributed by atoms with Crippen molar-refractivity contribution < 1.29 is 23.9 Å². The van der Waals surface area contributed by atoms with Crippen LogP contribution in [0.5, 0.6) is 5.75 Å². The van der Waals surface area contributed by atoms with Gasteiger partial charge in [-0.05, 0) is 54.1 Å². The third-order valence-corrected chi connectivity index (χ3v) is 8.52. The van der Waals surface area contributed by atoms with Crippen molar-refractivity contribution in [3.05, 3.63) is 155 Å². The lowest BCUT2D eigenvalue weighted by molar-refractivity contribution is -0.115. The molecule has 1 aliphatic carbocycles. The molecule has 1 aliphatic rings. The van der Waals surface area contributed by atoms with Crippen LogP contribution in [0.15, 0.2) is 126 Å². The lowest BCUT2D eigenvalue weighted by Gasteiger charge is -2.22. The van der Waals surface area contributed by atoms with Gasteiger partial charge in [-0.2, -0.15) is 0 Å². The molecule has 7 nitrogen and oxygen atoms in total. The molecule has 5 aromatic rings. The molecular weight excluding hydrogens is 572 g/mol. The number of benzene rings is 5. The van der Waals surface area contributed by atoms with Crippen molar-refractivity contribution in [2.24, 2.45) is 0 Å². The molecular formula is C36H26N2O5S. The quantitative estimate of drug-likeness (QED) is 0.180. The van der Waals surface area contributed by atoms with Gasteiger partial charge in [0.1, 0.15) is 11.0 Å². The lowest BCUT2D eigenvalue weighted by Crippen LogP contribution is -2.25. The van der Waals surface area contributed by atoms with E-state index in [0.29, 0.717) is 28.1 Å². The summed E-state index contributed by atoms with van der Waals surface area (Å²) in [4.78, 5) is 54.1. The molecule has 44 heavy (non-hydrogen) atoms. The number of fused-ring (bicyclic) bond motifs is 2. The molecule has 1 unspecified atom stereocenters. The van der Waals surface area contributed by atoms with Gasteiger partial charge in [0.2, 0.25) is 5.91 Å². The summed E-state index contributed by atoms with van der Waals surface area (Å²) in [6, 6.07) is 35.0. The number of nitrogens with one attached hydrogen (secondary N) is 2. The molecule has 216 valence electrons. The van der Waals surface area contributed by atoms with E-state index in [9.17, 15) is 19.2 Å². The number of hydrogen-bond acceptors (Lipinski definition) is 6. The maximum absolute atomic E-state index is 13.9. The summed E-state index contributed by atoms with van der Waals surface area (Å²) in [5.41, 5.74) is 3.26. The summed E-state index contributed by atoms with van der Waals surface area (Å²) in [6.45, 7) is 0. The van der Waals surface area contributed by atoms with Crippen LogP contribution in [0.2, 0.25) is 0 Å². The van der Waals surface area contributed by atoms with Gasteiger partial charge in [-0.3, -0.25) is 19.2 Å². The van der Waals surface area contributed by atoms with Crippen LogP contribution in [0.3, 0.4) is 0 Å². The molecule has 0 aliphatic heterocycles. The maximum Gasteiger partial charge on any atom is 0.255 e. The molecule has 0 fully saturated rings. The topological polar surface area (TPSA) is 102 Å². The highest BCUT2D eigenvalue weighted by Gasteiger charge is 2.32. The van der Waals surface area contributed by atoms with Crippen molar-refractivity contribution in [2.45, 2.75) is 10.1 Å². The van der Waals surface area contributed by atoms with Crippen LogP contribution in [-0.2, 0) is 4.79 Å². The Hall–Kier alpha value is -5.47. The molecule has 8 heteroatoms. The minimum atomic E-state index is -0.675. The van der Waals surface area contributed by atoms with Gasteiger partial charge in [-0.25, -0.2) is 0 Å². The first-order valence-corrected chi connectivity index (χ1v) is 14.7. The molecule has 0 radical (unpaired) electrons. The lowest BCUT2D eigenvalue weighted by atomic mass is 9.83. The molecule has 1 atom stereocenters. The Morgan fingerprint density at radius 1 is 0.682 bits per heavy atom. The van der Waals surface area contributed by atoms with Gasteiger partial charge < -0.3 is 15.4 Å². The second-order valence-electron chi connectivity index (χ2n) is 10.0. The monoisotopic (exact) mass is 598 g/mol. The van der Waals surface area contributed by atoms with Crippen molar-refractivity contribution >= 4 is 46.5 Å². The van der Waals surface area contributed by atoms with E-state index in [1.807, 2.05) is 42.5 Å². The number of carbonyl (C=O) groups is 4. The Morgan fingerprint density at radius 2 is 1.34 bits per heavy atom. The first kappa shape index (κ1) is 28.6. The number of methoxy groups -OCH3 is 1. The first-order chi connectivity index (χ1) is 21.4. The first-order valence-electron chi connectivity index (χ1n) is 13.8. The summed E-state index contributed by atoms with van der Waals surface area (Å²) < 4.78 is 5.21. The van der Waals surface area contributed by atoms with Gasteiger partial charge >= 0.3 is 0 Å². The minimum Gasteiger partial charge on any atom is -0.497 e. The highest BCUT2D eigenvalue weighted by Crippen LogP contribution is 2.38. The van der Waals surface area contributed by atoms with E-state index < -0.39 is 5.25 Å². The Morgan fingerprint density at radius 3 is 2.07 bits per heavy atom. The number of ketones is 2. The largest absolute Gasteiger partial charge is 0.497 e. The Bertz CT molecular complexity index is 1900. The second-order valence-corrected chi connectivity index (χ2v) is 11.2. The summed E-state index contributed by atoms with van der Waals surface area (Å²) in [6.07, 6.45) is 0. The van der Waals surface area contributed by atoms with Gasteiger partial charge in [-0.15, -0.1) is 11.8 Å². The van der Waals surface area contributed by atoms with Crippen LogP contribution in [0, 0.1) is 0 Å². The summed E-state index contributed by atoms with van der Waals surface area (Å²) in [5.74, 6) is -0.580. The van der Waals surface area contributed by atoms with Gasteiger partial charge in [-0.1, -0.05) is 72.8 Å². The van der Waals surface area contributed by atoms with Crippen LogP contribution in [0.4, 0.5) is 11.4 Å². The maximum atomic E-state index is 13.9. The van der Waals surface area contributed by atoms with E-state index in [0.717, 1.165) is 10.5 Å². The van der Waals surface area contributed by atoms with Gasteiger partial charge in [0.15, 0.2) is 11.6 Å². The second kappa shape index (κ2) is 12.4. The number of carbonyl (C=O) groups excluding carboxylic acids is 4. The van der Waals surface area contributed by atoms with Crippen LogP contribution < -0.4 is 15.4 Å². The normalized spacial score (nSPS) is 12.5. The molecule has 0 spiro atoms. The number of rotatable bonds is 8. The predicted octanol–water partition coefficient (Wildman–Crippen LogP) is 7.20. The average Bonchev–Trinajstić information content (AvgIpc) is 3.07. The van der Waals surface area contributed by atoms with Gasteiger partial charge in [0.05, 0.1) is 18.4 Å². The molecule has 0 aromatic heterocycles. The van der Waals surface area contributed by atoms with Crippen LogP contribution in [0.25, 0.3) is 0 Å². The molecule has 0 saturated carbocycles. The SMILES string of the molecule is COc1cccc(C(=O)Nc2ccc(SC(C(=O)Nc3cccc4c3C(=O)c3ccccc3C4=O)c3ccccc3)cc2)c1. The summed E-state index contributed by atoms with van der Waals surface area (Å²) in [5, 5.41) is 5.14. The Balaban J connectivity index is 1.23. The predicted molar refractivity (Wildman–Crippen MR) is 171 cm³/mol. The van der Waals surface area contributed by atoms with Gasteiger partial charge in [0.25, 0.3) is 5.91 Å². The van der Waals surface area contributed by atoms with Crippen molar-refractivity contribution in [1.82, 2.24) is 0 Å². The Kier molecular flexibility index (Phi) is 8.08. The number of hydrogen-bond donors (Lipinski definition) is 2. The molecule has 2 amide bonds. The fourth-order valence-electron chi connectivity index (χ4n) is 5.07. The van der Waals surface area contributed by atoms with E-state index in [1.54, 1.807) is 86.0 Å². The van der Waals surface area contributed by atoms with Crippen molar-refractivity contribution in [3.8, 4) is 5.75 Å². The molecule has 5 aromatic carbocycles. The van der Waals surface area contributed by atoms with Crippen molar-refractivity contribution in [1.29, 1.82) is 0 Å². The number of thioether (sulfide) groups is 1. The zero-order valence-corrected chi connectivity index (χ0v) is 24.4. The molecule has 0 bridgehead atoms. The van der Waals surface area contributed by atoms with E-state index in [1.165, 1.54) is 11.8 Å². The minimum absolute atomic E-state index is 0.192. The number of anilines is 2.